The minimum atomic E-state index is -3.74. The first-order valence-corrected chi connectivity index (χ1v) is 10.2. The van der Waals surface area contributed by atoms with Crippen LogP contribution in [0.1, 0.15) is 17.5 Å². The predicted octanol–water partition coefficient (Wildman–Crippen LogP) is 3.40. The zero-order valence-corrected chi connectivity index (χ0v) is 16.0. The molecule has 0 spiro atoms. The summed E-state index contributed by atoms with van der Waals surface area (Å²) >= 11 is 6.12. The maximum absolute atomic E-state index is 13.1. The summed E-state index contributed by atoms with van der Waals surface area (Å²) in [5.74, 6) is -0.323. The topological polar surface area (TPSA) is 57.6 Å². The molecule has 1 fully saturated rings. The lowest BCUT2D eigenvalue weighted by molar-refractivity contribution is 0.137. The molecule has 1 N–H and O–H groups in total. The van der Waals surface area contributed by atoms with Crippen LogP contribution in [0.4, 0.5) is 4.39 Å². The first kappa shape index (κ1) is 19.3. The van der Waals surface area contributed by atoms with Crippen molar-refractivity contribution in [2.24, 2.45) is 5.41 Å². The summed E-state index contributed by atoms with van der Waals surface area (Å²) in [5, 5.41) is 10.2. The Balaban J connectivity index is 1.85. The van der Waals surface area contributed by atoms with Crippen LogP contribution in [0.2, 0.25) is 5.02 Å². The molecule has 3 rings (SSSR count). The molecule has 1 aliphatic rings. The lowest BCUT2D eigenvalue weighted by atomic mass is 9.82. The van der Waals surface area contributed by atoms with Gasteiger partial charge in [-0.25, -0.2) is 12.8 Å². The second-order valence-corrected chi connectivity index (χ2v) is 9.30. The molecule has 2 aromatic carbocycles. The Bertz CT molecular complexity index is 902. The maximum atomic E-state index is 13.1. The largest absolute Gasteiger partial charge is 0.396 e. The molecule has 140 valence electrons. The van der Waals surface area contributed by atoms with Crippen molar-refractivity contribution in [2.45, 2.75) is 24.7 Å². The van der Waals surface area contributed by atoms with Gasteiger partial charge in [-0.2, -0.15) is 4.31 Å². The fourth-order valence-electron chi connectivity index (χ4n) is 3.41. The summed E-state index contributed by atoms with van der Waals surface area (Å²) in [5.41, 5.74) is 1.10. The highest BCUT2D eigenvalue weighted by Gasteiger charge is 2.43. The Labute approximate surface area is 158 Å². The third kappa shape index (κ3) is 3.78. The molecule has 1 saturated heterocycles. The van der Waals surface area contributed by atoms with E-state index in [9.17, 15) is 17.9 Å². The molecule has 0 amide bonds. The summed E-state index contributed by atoms with van der Waals surface area (Å²) in [6.45, 7) is 2.19. The molecule has 0 aromatic heterocycles. The van der Waals surface area contributed by atoms with Crippen molar-refractivity contribution in [2.75, 3.05) is 19.7 Å². The first-order valence-electron chi connectivity index (χ1n) is 8.37. The van der Waals surface area contributed by atoms with Gasteiger partial charge in [0.25, 0.3) is 0 Å². The smallest absolute Gasteiger partial charge is 0.244 e. The van der Waals surface area contributed by atoms with Crippen molar-refractivity contribution >= 4 is 21.6 Å². The fraction of sp³-hybridized carbons (Fsp3) is 0.368. The number of aliphatic hydroxyl groups is 1. The highest BCUT2D eigenvalue weighted by Crippen LogP contribution is 2.38. The molecule has 1 atom stereocenters. The van der Waals surface area contributed by atoms with Crippen molar-refractivity contribution in [3.63, 3.8) is 0 Å². The number of nitrogens with zero attached hydrogens (tertiary/aromatic N) is 1. The Morgan fingerprint density at radius 1 is 1.23 bits per heavy atom. The van der Waals surface area contributed by atoms with Crippen LogP contribution in [-0.4, -0.2) is 37.5 Å². The molecule has 0 radical (unpaired) electrons. The monoisotopic (exact) mass is 397 g/mol. The summed E-state index contributed by atoms with van der Waals surface area (Å²) in [6, 6.07) is 11.0. The lowest BCUT2D eigenvalue weighted by Crippen LogP contribution is -2.35. The van der Waals surface area contributed by atoms with E-state index in [1.54, 1.807) is 30.3 Å². The van der Waals surface area contributed by atoms with E-state index >= 15 is 0 Å². The molecule has 0 bridgehead atoms. The SMILES string of the molecule is Cc1ccc(Cl)c(S(=O)(=O)N2CCC(CO)(Cc3ccc(F)cc3)C2)c1. The van der Waals surface area contributed by atoms with Crippen molar-refractivity contribution in [3.05, 3.63) is 64.4 Å². The molecular weight excluding hydrogens is 377 g/mol. The molecular formula is C19H21ClFNO3S. The van der Waals surface area contributed by atoms with Crippen LogP contribution in [0, 0.1) is 18.2 Å². The van der Waals surface area contributed by atoms with Gasteiger partial charge in [-0.05, 0) is 55.2 Å². The third-order valence-electron chi connectivity index (χ3n) is 4.94. The van der Waals surface area contributed by atoms with Gasteiger partial charge in [0.15, 0.2) is 0 Å². The summed E-state index contributed by atoms with van der Waals surface area (Å²) in [4.78, 5) is 0.0923. The molecule has 1 aliphatic heterocycles. The Kier molecular flexibility index (Phi) is 5.40. The second kappa shape index (κ2) is 7.27. The van der Waals surface area contributed by atoms with Crippen molar-refractivity contribution in [3.8, 4) is 0 Å². The van der Waals surface area contributed by atoms with E-state index in [1.165, 1.54) is 16.4 Å². The van der Waals surface area contributed by atoms with Crippen LogP contribution in [-0.2, 0) is 16.4 Å². The molecule has 26 heavy (non-hydrogen) atoms. The molecule has 0 saturated carbocycles. The van der Waals surface area contributed by atoms with Gasteiger partial charge in [0.1, 0.15) is 10.7 Å². The van der Waals surface area contributed by atoms with Crippen LogP contribution < -0.4 is 0 Å². The molecule has 4 nitrogen and oxygen atoms in total. The summed E-state index contributed by atoms with van der Waals surface area (Å²) in [6.07, 6.45) is 1.01. The average Bonchev–Trinajstić information content (AvgIpc) is 3.04. The molecule has 7 heteroatoms. The van der Waals surface area contributed by atoms with Gasteiger partial charge in [-0.1, -0.05) is 29.8 Å². The standard InChI is InChI=1S/C19H21ClFNO3S/c1-14-2-7-17(20)18(10-14)26(24,25)22-9-8-19(12-22,13-23)11-15-3-5-16(21)6-4-15/h2-7,10,23H,8-9,11-13H2,1H3. The van der Waals surface area contributed by atoms with E-state index in [2.05, 4.69) is 0 Å². The van der Waals surface area contributed by atoms with E-state index in [0.29, 0.717) is 19.4 Å². The van der Waals surface area contributed by atoms with Crippen molar-refractivity contribution < 1.29 is 17.9 Å². The quantitative estimate of drug-likeness (QED) is 0.841. The van der Waals surface area contributed by atoms with E-state index < -0.39 is 15.4 Å². The number of benzene rings is 2. The van der Waals surface area contributed by atoms with Crippen LogP contribution in [0.25, 0.3) is 0 Å². The normalized spacial score (nSPS) is 21.2. The number of rotatable bonds is 5. The molecule has 1 unspecified atom stereocenters. The van der Waals surface area contributed by atoms with Crippen molar-refractivity contribution in [1.29, 1.82) is 0 Å². The zero-order chi connectivity index (χ0) is 18.9. The Hall–Kier alpha value is -1.47. The van der Waals surface area contributed by atoms with Crippen LogP contribution >= 0.6 is 11.6 Å². The van der Waals surface area contributed by atoms with Gasteiger partial charge in [0, 0.05) is 18.5 Å². The number of halogens is 2. The number of aliphatic hydroxyl groups excluding tert-OH is 1. The van der Waals surface area contributed by atoms with Crippen LogP contribution in [0.5, 0.6) is 0 Å². The Morgan fingerprint density at radius 3 is 2.58 bits per heavy atom. The van der Waals surface area contributed by atoms with Gasteiger partial charge in [-0.15, -0.1) is 0 Å². The number of aryl methyl sites for hydroxylation is 1. The summed E-state index contributed by atoms with van der Waals surface area (Å²) < 4.78 is 40.5. The Morgan fingerprint density at radius 2 is 1.92 bits per heavy atom. The zero-order valence-electron chi connectivity index (χ0n) is 14.5. The van der Waals surface area contributed by atoms with Crippen LogP contribution in [0.3, 0.4) is 0 Å². The van der Waals surface area contributed by atoms with E-state index in [1.807, 2.05) is 6.92 Å². The van der Waals surface area contributed by atoms with Gasteiger partial charge in [-0.3, -0.25) is 0 Å². The first-order chi connectivity index (χ1) is 12.3. The number of hydrogen-bond donors (Lipinski definition) is 1. The van der Waals surface area contributed by atoms with Crippen LogP contribution in [0.15, 0.2) is 47.4 Å². The minimum absolute atomic E-state index is 0.0923. The maximum Gasteiger partial charge on any atom is 0.244 e. The summed E-state index contributed by atoms with van der Waals surface area (Å²) in [7, 11) is -3.74. The minimum Gasteiger partial charge on any atom is -0.396 e. The molecule has 2 aromatic rings. The number of sulfonamides is 1. The average molecular weight is 398 g/mol. The molecule has 1 heterocycles. The lowest BCUT2D eigenvalue weighted by Gasteiger charge is -2.27. The van der Waals surface area contributed by atoms with Gasteiger partial charge in [0.05, 0.1) is 11.6 Å². The van der Waals surface area contributed by atoms with E-state index in [-0.39, 0.29) is 28.9 Å². The van der Waals surface area contributed by atoms with E-state index in [4.69, 9.17) is 11.6 Å². The highest BCUT2D eigenvalue weighted by molar-refractivity contribution is 7.89. The predicted molar refractivity (Wildman–Crippen MR) is 99.2 cm³/mol. The highest BCUT2D eigenvalue weighted by atomic mass is 35.5. The second-order valence-electron chi connectivity index (χ2n) is 6.98. The van der Waals surface area contributed by atoms with Gasteiger partial charge < -0.3 is 5.11 Å². The third-order valence-corrected chi connectivity index (χ3v) is 7.26. The molecule has 0 aliphatic carbocycles. The van der Waals surface area contributed by atoms with Gasteiger partial charge in [0.2, 0.25) is 10.0 Å². The number of hydrogen-bond acceptors (Lipinski definition) is 3. The van der Waals surface area contributed by atoms with E-state index in [0.717, 1.165) is 11.1 Å². The van der Waals surface area contributed by atoms with Crippen molar-refractivity contribution in [1.82, 2.24) is 4.31 Å². The fourth-order valence-corrected chi connectivity index (χ4v) is 5.52. The van der Waals surface area contributed by atoms with Gasteiger partial charge >= 0.3 is 0 Å².